The summed E-state index contributed by atoms with van der Waals surface area (Å²) in [5.74, 6) is 1.11. The van der Waals surface area contributed by atoms with Crippen molar-refractivity contribution in [2.75, 3.05) is 31.1 Å². The maximum atomic E-state index is 13.1. The van der Waals surface area contributed by atoms with Crippen LogP contribution in [0.25, 0.3) is 16.3 Å². The lowest BCUT2D eigenvalue weighted by Gasteiger charge is -2.33. The zero-order valence-corrected chi connectivity index (χ0v) is 20.1. The van der Waals surface area contributed by atoms with Crippen LogP contribution in [0.4, 0.5) is 5.95 Å². The minimum absolute atomic E-state index is 0.354. The molecule has 1 aliphatic heterocycles. The Bertz CT molecular complexity index is 1330. The van der Waals surface area contributed by atoms with Crippen LogP contribution in [-0.2, 0) is 16.4 Å². The van der Waals surface area contributed by atoms with E-state index in [0.29, 0.717) is 42.8 Å². The molecule has 33 heavy (non-hydrogen) atoms. The molecule has 4 heterocycles. The summed E-state index contributed by atoms with van der Waals surface area (Å²) in [5, 5.41) is 6.71. The standard InChI is InChI=1S/C23H26N6O2S2/c1-2-3-5-18-7-9-19(10-8-18)33(30,31)28-15-13-27(14-16-28)23-25-22-24-12-11-20(29(22)26-23)21-6-4-17-32-21/h4,6-12,17H,2-3,5,13-16H2,1H3. The number of sulfonamides is 1. The Morgan fingerprint density at radius 1 is 1.03 bits per heavy atom. The molecule has 0 radical (unpaired) electrons. The van der Waals surface area contributed by atoms with Crippen LogP contribution in [0.1, 0.15) is 25.3 Å². The summed E-state index contributed by atoms with van der Waals surface area (Å²) in [6.07, 6.45) is 4.94. The smallest absolute Gasteiger partial charge is 0.254 e. The number of fused-ring (bicyclic) bond motifs is 1. The van der Waals surface area contributed by atoms with Crippen LogP contribution in [-0.4, -0.2) is 58.5 Å². The van der Waals surface area contributed by atoms with Gasteiger partial charge in [0, 0.05) is 32.4 Å². The molecule has 0 bridgehead atoms. The number of unbranched alkanes of at least 4 members (excludes halogenated alkanes) is 1. The summed E-state index contributed by atoms with van der Waals surface area (Å²) in [7, 11) is -3.52. The van der Waals surface area contributed by atoms with Crippen molar-refractivity contribution in [1.29, 1.82) is 0 Å². The predicted octanol–water partition coefficient (Wildman–Crippen LogP) is 3.71. The number of thiophene rings is 1. The van der Waals surface area contributed by atoms with Gasteiger partial charge in [-0.3, -0.25) is 0 Å². The van der Waals surface area contributed by atoms with E-state index in [4.69, 9.17) is 0 Å². The molecule has 5 rings (SSSR count). The predicted molar refractivity (Wildman–Crippen MR) is 130 cm³/mol. The highest BCUT2D eigenvalue weighted by molar-refractivity contribution is 7.89. The fraction of sp³-hybridized carbons (Fsp3) is 0.348. The first-order chi connectivity index (χ1) is 16.1. The minimum atomic E-state index is -3.52. The van der Waals surface area contributed by atoms with Crippen molar-refractivity contribution in [3.05, 3.63) is 59.6 Å². The van der Waals surface area contributed by atoms with Crippen molar-refractivity contribution in [1.82, 2.24) is 23.9 Å². The Hall–Kier alpha value is -2.82. The van der Waals surface area contributed by atoms with Crippen molar-refractivity contribution in [3.63, 3.8) is 0 Å². The van der Waals surface area contributed by atoms with Crippen molar-refractivity contribution >= 4 is 33.1 Å². The average Bonchev–Trinajstić information content (AvgIpc) is 3.53. The number of nitrogens with zero attached hydrogens (tertiary/aromatic N) is 6. The lowest BCUT2D eigenvalue weighted by Crippen LogP contribution is -2.49. The van der Waals surface area contributed by atoms with Gasteiger partial charge < -0.3 is 4.90 Å². The molecule has 0 atom stereocenters. The number of piperazine rings is 1. The summed E-state index contributed by atoms with van der Waals surface area (Å²) in [6, 6.07) is 13.3. The third-order valence-corrected chi connectivity index (χ3v) is 8.71. The van der Waals surface area contributed by atoms with Crippen molar-refractivity contribution < 1.29 is 8.42 Å². The molecule has 1 saturated heterocycles. The molecule has 4 aromatic rings. The van der Waals surface area contributed by atoms with Crippen LogP contribution < -0.4 is 4.90 Å². The zero-order chi connectivity index (χ0) is 22.8. The summed E-state index contributed by atoms with van der Waals surface area (Å²) in [6.45, 7) is 3.98. The van der Waals surface area contributed by atoms with Gasteiger partial charge in [-0.1, -0.05) is 31.5 Å². The molecular weight excluding hydrogens is 456 g/mol. The van der Waals surface area contributed by atoms with E-state index in [1.165, 1.54) is 5.56 Å². The molecular formula is C23H26N6O2S2. The van der Waals surface area contributed by atoms with Crippen molar-refractivity contribution in [3.8, 4) is 10.6 Å². The van der Waals surface area contributed by atoms with E-state index in [9.17, 15) is 8.42 Å². The normalized spacial score (nSPS) is 15.4. The highest BCUT2D eigenvalue weighted by atomic mass is 32.2. The third-order valence-electron chi connectivity index (χ3n) is 5.90. The molecule has 1 aliphatic rings. The van der Waals surface area contributed by atoms with Gasteiger partial charge in [0.2, 0.25) is 16.0 Å². The van der Waals surface area contributed by atoms with Gasteiger partial charge in [0.15, 0.2) is 0 Å². The Morgan fingerprint density at radius 3 is 2.52 bits per heavy atom. The summed E-state index contributed by atoms with van der Waals surface area (Å²) in [5.41, 5.74) is 2.12. The highest BCUT2D eigenvalue weighted by Crippen LogP contribution is 2.26. The van der Waals surface area contributed by atoms with Gasteiger partial charge in [0.1, 0.15) is 0 Å². The van der Waals surface area contributed by atoms with Crippen LogP contribution in [0.2, 0.25) is 0 Å². The van der Waals surface area contributed by atoms with Crippen LogP contribution in [0.5, 0.6) is 0 Å². The average molecular weight is 483 g/mol. The minimum Gasteiger partial charge on any atom is -0.337 e. The Morgan fingerprint density at radius 2 is 1.82 bits per heavy atom. The van der Waals surface area contributed by atoms with E-state index in [0.717, 1.165) is 29.8 Å². The van der Waals surface area contributed by atoms with Crippen molar-refractivity contribution in [2.45, 2.75) is 31.1 Å². The second-order valence-electron chi connectivity index (χ2n) is 8.07. The van der Waals surface area contributed by atoms with Gasteiger partial charge in [-0.05, 0) is 48.1 Å². The van der Waals surface area contributed by atoms with E-state index in [1.54, 1.807) is 38.5 Å². The summed E-state index contributed by atoms with van der Waals surface area (Å²) < 4.78 is 29.6. The molecule has 1 aromatic carbocycles. The topological polar surface area (TPSA) is 83.7 Å². The number of aromatic nitrogens is 4. The molecule has 10 heteroatoms. The largest absolute Gasteiger partial charge is 0.337 e. The fourth-order valence-corrected chi connectivity index (χ4v) is 6.17. The summed E-state index contributed by atoms with van der Waals surface area (Å²) >= 11 is 1.64. The highest BCUT2D eigenvalue weighted by Gasteiger charge is 2.30. The number of benzene rings is 1. The van der Waals surface area contributed by atoms with E-state index < -0.39 is 10.0 Å². The number of hydrogen-bond donors (Lipinski definition) is 0. The quantitative estimate of drug-likeness (QED) is 0.399. The molecule has 172 valence electrons. The number of aryl methyl sites for hydroxylation is 1. The lowest BCUT2D eigenvalue weighted by molar-refractivity contribution is 0.382. The first-order valence-corrected chi connectivity index (χ1v) is 13.5. The van der Waals surface area contributed by atoms with E-state index in [1.807, 2.05) is 40.6 Å². The fourth-order valence-electron chi connectivity index (χ4n) is 4.01. The van der Waals surface area contributed by atoms with Crippen LogP contribution >= 0.6 is 11.3 Å². The monoisotopic (exact) mass is 482 g/mol. The number of rotatable bonds is 7. The molecule has 8 nitrogen and oxygen atoms in total. The van der Waals surface area contributed by atoms with Gasteiger partial charge in [0.25, 0.3) is 5.78 Å². The van der Waals surface area contributed by atoms with Gasteiger partial charge in [-0.15, -0.1) is 16.4 Å². The third kappa shape index (κ3) is 4.38. The number of anilines is 1. The van der Waals surface area contributed by atoms with Gasteiger partial charge in [0.05, 0.1) is 15.5 Å². The maximum Gasteiger partial charge on any atom is 0.254 e. The van der Waals surface area contributed by atoms with Gasteiger partial charge >= 0.3 is 0 Å². The first kappa shape index (κ1) is 22.0. The van der Waals surface area contributed by atoms with Crippen LogP contribution in [0, 0.1) is 0 Å². The Kier molecular flexibility index (Phi) is 6.13. The SMILES string of the molecule is CCCCc1ccc(S(=O)(=O)N2CCN(c3nc4nccc(-c5cccs5)n4n3)CC2)cc1. The van der Waals surface area contributed by atoms with Crippen molar-refractivity contribution in [2.24, 2.45) is 0 Å². The first-order valence-electron chi connectivity index (χ1n) is 11.2. The van der Waals surface area contributed by atoms with Gasteiger partial charge in [-0.25, -0.2) is 13.4 Å². The molecule has 0 N–H and O–H groups in total. The molecule has 3 aromatic heterocycles. The van der Waals surface area contributed by atoms with Crippen LogP contribution in [0.3, 0.4) is 0 Å². The number of hydrogen-bond acceptors (Lipinski definition) is 7. The van der Waals surface area contributed by atoms with E-state index in [-0.39, 0.29) is 0 Å². The molecule has 0 saturated carbocycles. The maximum absolute atomic E-state index is 13.1. The van der Waals surface area contributed by atoms with E-state index in [2.05, 4.69) is 22.0 Å². The molecule has 0 amide bonds. The molecule has 0 aliphatic carbocycles. The van der Waals surface area contributed by atoms with Crippen LogP contribution in [0.15, 0.2) is 58.9 Å². The van der Waals surface area contributed by atoms with Gasteiger partial charge in [-0.2, -0.15) is 13.8 Å². The second-order valence-corrected chi connectivity index (χ2v) is 11.0. The molecule has 1 fully saturated rings. The molecule has 0 unspecified atom stereocenters. The zero-order valence-electron chi connectivity index (χ0n) is 18.5. The second kappa shape index (κ2) is 9.20. The Labute approximate surface area is 197 Å². The van der Waals surface area contributed by atoms with E-state index >= 15 is 0 Å². The lowest BCUT2D eigenvalue weighted by atomic mass is 10.1. The summed E-state index contributed by atoms with van der Waals surface area (Å²) in [4.78, 5) is 12.4. The Balaban J connectivity index is 1.30. The molecule has 0 spiro atoms.